The molecule has 0 heterocycles. The van der Waals surface area contributed by atoms with E-state index in [9.17, 15) is 25.0 Å². The molecule has 0 spiro atoms. The lowest BCUT2D eigenvalue weighted by atomic mass is 10.2. The summed E-state index contributed by atoms with van der Waals surface area (Å²) in [7, 11) is 0. The number of benzene rings is 3. The van der Waals surface area contributed by atoms with Crippen LogP contribution >= 0.6 is 0 Å². The van der Waals surface area contributed by atoms with Gasteiger partial charge >= 0.3 is 0 Å². The fraction of sp³-hybridized carbons (Fsp3) is 0. The quantitative estimate of drug-likeness (QED) is 0.357. The van der Waals surface area contributed by atoms with Crippen LogP contribution in [0.15, 0.2) is 77.9 Å². The highest BCUT2D eigenvalue weighted by atomic mass is 16.6. The average Bonchev–Trinajstić information content (AvgIpc) is 2.74. The SMILES string of the molecule is O=C(NN=Cc1ccccc1)c1ccc(Oc2cc([N+](=O)[O-])cc([N+](=O)[O-])c2)cc1. The molecule has 0 bridgehead atoms. The molecule has 0 aliphatic carbocycles. The first kappa shape index (κ1) is 20.1. The van der Waals surface area contributed by atoms with Crippen LogP contribution in [0.4, 0.5) is 11.4 Å². The van der Waals surface area contributed by atoms with Crippen molar-refractivity contribution in [2.75, 3.05) is 0 Å². The van der Waals surface area contributed by atoms with Gasteiger partial charge in [0, 0.05) is 5.56 Å². The summed E-state index contributed by atoms with van der Waals surface area (Å²) in [5, 5.41) is 25.8. The molecule has 10 nitrogen and oxygen atoms in total. The van der Waals surface area contributed by atoms with Gasteiger partial charge in [0.25, 0.3) is 17.3 Å². The Labute approximate surface area is 169 Å². The van der Waals surface area contributed by atoms with Crippen molar-refractivity contribution < 1.29 is 19.4 Å². The second-order valence-corrected chi connectivity index (χ2v) is 5.94. The zero-order chi connectivity index (χ0) is 21.5. The monoisotopic (exact) mass is 406 g/mol. The number of nitrogens with one attached hydrogen (secondary N) is 1. The number of nitro groups is 2. The van der Waals surface area contributed by atoms with Gasteiger partial charge in [0.2, 0.25) is 0 Å². The predicted molar refractivity (Wildman–Crippen MR) is 108 cm³/mol. The fourth-order valence-electron chi connectivity index (χ4n) is 2.42. The molecule has 3 rings (SSSR count). The van der Waals surface area contributed by atoms with Gasteiger partial charge in [-0.05, 0) is 29.8 Å². The minimum atomic E-state index is -0.747. The Hall–Kier alpha value is -4.60. The molecule has 0 saturated carbocycles. The number of hydrogen-bond donors (Lipinski definition) is 1. The second-order valence-electron chi connectivity index (χ2n) is 5.94. The molecule has 3 aromatic carbocycles. The Kier molecular flexibility index (Phi) is 6.08. The zero-order valence-corrected chi connectivity index (χ0v) is 15.3. The van der Waals surface area contributed by atoms with Crippen LogP contribution in [-0.4, -0.2) is 22.0 Å². The van der Waals surface area contributed by atoms with Gasteiger partial charge in [-0.3, -0.25) is 25.0 Å². The second kappa shape index (κ2) is 9.06. The summed E-state index contributed by atoms with van der Waals surface area (Å²) >= 11 is 0. The molecule has 3 aromatic rings. The number of ether oxygens (including phenoxy) is 1. The van der Waals surface area contributed by atoms with Crippen LogP contribution in [-0.2, 0) is 0 Å². The molecular weight excluding hydrogens is 392 g/mol. The van der Waals surface area contributed by atoms with Crippen molar-refractivity contribution in [2.24, 2.45) is 5.10 Å². The molecule has 0 aliphatic rings. The topological polar surface area (TPSA) is 137 Å². The van der Waals surface area contributed by atoms with E-state index >= 15 is 0 Å². The number of hydrazone groups is 1. The largest absolute Gasteiger partial charge is 0.457 e. The molecule has 0 saturated heterocycles. The van der Waals surface area contributed by atoms with Crippen molar-refractivity contribution in [1.82, 2.24) is 5.43 Å². The molecule has 1 amide bonds. The van der Waals surface area contributed by atoms with E-state index in [1.165, 1.54) is 30.5 Å². The number of nitrogens with zero attached hydrogens (tertiary/aromatic N) is 3. The molecule has 30 heavy (non-hydrogen) atoms. The first-order valence-electron chi connectivity index (χ1n) is 8.52. The summed E-state index contributed by atoms with van der Waals surface area (Å²) in [6.45, 7) is 0. The van der Waals surface area contributed by atoms with Crippen molar-refractivity contribution in [1.29, 1.82) is 0 Å². The predicted octanol–water partition coefficient (Wildman–Crippen LogP) is 4.06. The van der Waals surface area contributed by atoms with Gasteiger partial charge in [-0.15, -0.1) is 0 Å². The third kappa shape index (κ3) is 5.23. The van der Waals surface area contributed by atoms with Gasteiger partial charge in [-0.1, -0.05) is 30.3 Å². The Morgan fingerprint density at radius 3 is 2.03 bits per heavy atom. The summed E-state index contributed by atoms with van der Waals surface area (Å²) in [4.78, 5) is 32.5. The maximum atomic E-state index is 12.1. The first-order valence-corrected chi connectivity index (χ1v) is 8.52. The molecule has 0 atom stereocenters. The van der Waals surface area contributed by atoms with E-state index in [-0.39, 0.29) is 11.5 Å². The van der Waals surface area contributed by atoms with Crippen molar-refractivity contribution in [3.8, 4) is 11.5 Å². The van der Waals surface area contributed by atoms with E-state index in [0.717, 1.165) is 23.8 Å². The third-order valence-corrected chi connectivity index (χ3v) is 3.83. The Morgan fingerprint density at radius 1 is 0.867 bits per heavy atom. The highest BCUT2D eigenvalue weighted by molar-refractivity contribution is 5.95. The van der Waals surface area contributed by atoms with Gasteiger partial charge < -0.3 is 4.74 Å². The highest BCUT2D eigenvalue weighted by Gasteiger charge is 2.17. The van der Waals surface area contributed by atoms with Crippen LogP contribution in [0.3, 0.4) is 0 Å². The number of carbonyl (C=O) groups is 1. The normalized spacial score (nSPS) is 10.5. The van der Waals surface area contributed by atoms with Gasteiger partial charge in [-0.2, -0.15) is 5.10 Å². The zero-order valence-electron chi connectivity index (χ0n) is 15.3. The van der Waals surface area contributed by atoms with E-state index in [4.69, 9.17) is 4.74 Å². The summed E-state index contributed by atoms with van der Waals surface area (Å²) in [6.07, 6.45) is 1.50. The number of hydrogen-bond acceptors (Lipinski definition) is 7. The lowest BCUT2D eigenvalue weighted by molar-refractivity contribution is -0.394. The standard InChI is InChI=1S/C20H14N4O6/c25-20(22-21-13-14-4-2-1-3-5-14)15-6-8-18(9-7-15)30-19-11-16(23(26)27)10-17(12-19)24(28)29/h1-13H,(H,22,25). The first-order chi connectivity index (χ1) is 14.4. The van der Waals surface area contributed by atoms with Crippen LogP contribution in [0, 0.1) is 20.2 Å². The van der Waals surface area contributed by atoms with Gasteiger partial charge in [-0.25, -0.2) is 5.43 Å². The lowest BCUT2D eigenvalue weighted by Gasteiger charge is -2.06. The smallest absolute Gasteiger partial charge is 0.280 e. The van der Waals surface area contributed by atoms with Gasteiger partial charge in [0.05, 0.1) is 34.3 Å². The highest BCUT2D eigenvalue weighted by Crippen LogP contribution is 2.30. The number of nitro benzene ring substituents is 2. The maximum absolute atomic E-state index is 12.1. The minimum absolute atomic E-state index is 0.0689. The maximum Gasteiger partial charge on any atom is 0.280 e. The van der Waals surface area contributed by atoms with E-state index in [1.54, 1.807) is 0 Å². The van der Waals surface area contributed by atoms with E-state index < -0.39 is 27.1 Å². The fourth-order valence-corrected chi connectivity index (χ4v) is 2.42. The van der Waals surface area contributed by atoms with Crippen LogP contribution in [0.25, 0.3) is 0 Å². The molecule has 0 radical (unpaired) electrons. The minimum Gasteiger partial charge on any atom is -0.457 e. The van der Waals surface area contributed by atoms with Crippen molar-refractivity contribution in [2.45, 2.75) is 0 Å². The molecular formula is C20H14N4O6. The molecule has 10 heteroatoms. The number of carbonyl (C=O) groups excluding carboxylic acids is 1. The summed E-state index contributed by atoms with van der Waals surface area (Å²) in [6, 6.07) is 18.1. The lowest BCUT2D eigenvalue weighted by Crippen LogP contribution is -2.17. The summed E-state index contributed by atoms with van der Waals surface area (Å²) in [5.74, 6) is -0.269. The molecule has 0 aliphatic heterocycles. The Morgan fingerprint density at radius 2 is 1.47 bits per heavy atom. The number of non-ortho nitro benzene ring substituents is 2. The van der Waals surface area contributed by atoms with Crippen LogP contribution in [0.1, 0.15) is 15.9 Å². The Balaban J connectivity index is 1.68. The van der Waals surface area contributed by atoms with E-state index in [2.05, 4.69) is 10.5 Å². The van der Waals surface area contributed by atoms with Gasteiger partial charge in [0.15, 0.2) is 0 Å². The summed E-state index contributed by atoms with van der Waals surface area (Å²) in [5.41, 5.74) is 2.59. The molecule has 0 unspecified atom stereocenters. The van der Waals surface area contributed by atoms with Crippen LogP contribution < -0.4 is 10.2 Å². The van der Waals surface area contributed by atoms with Crippen molar-refractivity contribution in [3.63, 3.8) is 0 Å². The molecule has 0 aromatic heterocycles. The Bertz CT molecular complexity index is 1080. The van der Waals surface area contributed by atoms with Gasteiger partial charge in [0.1, 0.15) is 11.5 Å². The summed E-state index contributed by atoms with van der Waals surface area (Å²) < 4.78 is 5.46. The van der Waals surface area contributed by atoms with E-state index in [1.807, 2.05) is 30.3 Å². The van der Waals surface area contributed by atoms with E-state index in [0.29, 0.717) is 5.56 Å². The average molecular weight is 406 g/mol. The molecule has 0 fully saturated rings. The van der Waals surface area contributed by atoms with Crippen LogP contribution in [0.2, 0.25) is 0 Å². The molecule has 150 valence electrons. The molecule has 1 N–H and O–H groups in total. The van der Waals surface area contributed by atoms with Crippen molar-refractivity contribution in [3.05, 3.63) is 104 Å². The van der Waals surface area contributed by atoms with Crippen molar-refractivity contribution >= 4 is 23.5 Å². The third-order valence-electron chi connectivity index (χ3n) is 3.83. The number of amides is 1. The van der Waals surface area contributed by atoms with Crippen LogP contribution in [0.5, 0.6) is 11.5 Å². The number of rotatable bonds is 7.